The van der Waals surface area contributed by atoms with Crippen molar-refractivity contribution >= 4 is 34.8 Å². The Labute approximate surface area is 238 Å². The number of hydrogen-bond acceptors (Lipinski definition) is 5. The minimum Gasteiger partial charge on any atom is -0.493 e. The molecule has 0 spiro atoms. The topological polar surface area (TPSA) is 80.8 Å². The lowest BCUT2D eigenvalue weighted by Crippen LogP contribution is -2.41. The Kier molecular flexibility index (Phi) is 8.03. The first kappa shape index (κ1) is 27.2. The molecule has 1 aromatic heterocycles. The first-order valence-electron chi connectivity index (χ1n) is 13.1. The molecule has 0 bridgehead atoms. The van der Waals surface area contributed by atoms with Gasteiger partial charge in [-0.15, -0.1) is 0 Å². The van der Waals surface area contributed by atoms with Gasteiger partial charge in [-0.2, -0.15) is 0 Å². The number of ether oxygens (including phenoxy) is 2. The molecule has 2 atom stereocenters. The summed E-state index contributed by atoms with van der Waals surface area (Å²) in [4.78, 5) is 32.3. The zero-order chi connectivity index (χ0) is 28.2. The van der Waals surface area contributed by atoms with E-state index in [-0.39, 0.29) is 24.3 Å². The standard InChI is InChI=1S/C32H30ClN3O4/c1-4-20(2)40-29-19-27-23(17-28(29)39-3)18-30(37)36(31(27)21-5-9-24(33)10-6-21)26-11-7-22(8-12-26)32(38)35-25-13-15-34-16-14-25/h5-17,19-20,31H,4,18H2,1-3H3,(H,34,35,38). The van der Waals surface area contributed by atoms with Gasteiger partial charge in [-0.1, -0.05) is 30.7 Å². The molecule has 2 unspecified atom stereocenters. The second kappa shape index (κ2) is 11.8. The minimum atomic E-state index is -0.435. The molecule has 2 amide bonds. The van der Waals surface area contributed by atoms with Crippen molar-refractivity contribution in [3.05, 3.63) is 112 Å². The Morgan fingerprint density at radius 1 is 1.05 bits per heavy atom. The Balaban J connectivity index is 1.55. The molecule has 8 heteroatoms. The molecule has 7 nitrogen and oxygen atoms in total. The molecule has 4 aromatic rings. The fourth-order valence-corrected chi connectivity index (χ4v) is 4.91. The first-order valence-corrected chi connectivity index (χ1v) is 13.5. The van der Waals surface area contributed by atoms with Crippen LogP contribution in [-0.4, -0.2) is 30.0 Å². The molecular formula is C32H30ClN3O4. The van der Waals surface area contributed by atoms with E-state index in [0.717, 1.165) is 23.1 Å². The normalized spacial score (nSPS) is 15.2. The molecule has 2 heterocycles. The fraction of sp³-hybridized carbons (Fsp3) is 0.219. The van der Waals surface area contributed by atoms with Crippen molar-refractivity contribution in [2.24, 2.45) is 0 Å². The number of aromatic nitrogens is 1. The molecule has 0 saturated carbocycles. The summed E-state index contributed by atoms with van der Waals surface area (Å²) in [6.45, 7) is 4.07. The SMILES string of the molecule is CCC(C)Oc1cc2c(cc1OC)CC(=O)N(c1ccc(C(=O)Nc3ccncc3)cc1)C2c1ccc(Cl)cc1. The Morgan fingerprint density at radius 3 is 2.40 bits per heavy atom. The number of halogens is 1. The van der Waals surface area contributed by atoms with Crippen LogP contribution in [0.2, 0.25) is 5.02 Å². The number of hydrogen-bond donors (Lipinski definition) is 1. The van der Waals surface area contributed by atoms with Crippen LogP contribution in [0, 0.1) is 0 Å². The predicted molar refractivity (Wildman–Crippen MR) is 156 cm³/mol. The maximum atomic E-state index is 13.7. The maximum absolute atomic E-state index is 13.7. The third-order valence-electron chi connectivity index (χ3n) is 7.02. The number of nitrogens with zero attached hydrogens (tertiary/aromatic N) is 2. The van der Waals surface area contributed by atoms with Gasteiger partial charge in [0.1, 0.15) is 0 Å². The van der Waals surface area contributed by atoms with Gasteiger partial charge in [0.15, 0.2) is 11.5 Å². The summed E-state index contributed by atoms with van der Waals surface area (Å²) >= 11 is 6.22. The third kappa shape index (κ3) is 5.65. The summed E-state index contributed by atoms with van der Waals surface area (Å²) in [5.74, 6) is 0.909. The van der Waals surface area contributed by atoms with E-state index < -0.39 is 6.04 Å². The van der Waals surface area contributed by atoms with Gasteiger partial charge in [0.2, 0.25) is 5.91 Å². The summed E-state index contributed by atoms with van der Waals surface area (Å²) in [5.41, 5.74) is 4.53. The predicted octanol–water partition coefficient (Wildman–Crippen LogP) is 6.85. The summed E-state index contributed by atoms with van der Waals surface area (Å²) < 4.78 is 11.8. The van der Waals surface area contributed by atoms with E-state index in [1.807, 2.05) is 43.3 Å². The number of nitrogens with one attached hydrogen (secondary N) is 1. The smallest absolute Gasteiger partial charge is 0.255 e. The minimum absolute atomic E-state index is 0.00639. The van der Waals surface area contributed by atoms with Crippen molar-refractivity contribution < 1.29 is 19.1 Å². The highest BCUT2D eigenvalue weighted by molar-refractivity contribution is 6.30. The number of rotatable bonds is 8. The molecule has 0 fully saturated rings. The Bertz CT molecular complexity index is 1510. The second-order valence-corrected chi connectivity index (χ2v) is 10.1. The second-order valence-electron chi connectivity index (χ2n) is 9.67. The zero-order valence-corrected chi connectivity index (χ0v) is 23.3. The summed E-state index contributed by atoms with van der Waals surface area (Å²) in [6.07, 6.45) is 4.26. The van der Waals surface area contributed by atoms with Gasteiger partial charge in [0.25, 0.3) is 5.91 Å². The lowest BCUT2D eigenvalue weighted by atomic mass is 9.86. The average Bonchev–Trinajstić information content (AvgIpc) is 2.97. The molecule has 1 aliphatic heterocycles. The van der Waals surface area contributed by atoms with Crippen LogP contribution >= 0.6 is 11.6 Å². The molecule has 204 valence electrons. The van der Waals surface area contributed by atoms with Crippen LogP contribution in [0.1, 0.15) is 53.4 Å². The largest absolute Gasteiger partial charge is 0.493 e. The Morgan fingerprint density at radius 2 is 1.75 bits per heavy atom. The number of anilines is 2. The van der Waals surface area contributed by atoms with Crippen molar-refractivity contribution in [3.63, 3.8) is 0 Å². The number of pyridine rings is 1. The van der Waals surface area contributed by atoms with E-state index in [1.165, 1.54) is 0 Å². The molecule has 40 heavy (non-hydrogen) atoms. The summed E-state index contributed by atoms with van der Waals surface area (Å²) in [5, 5.41) is 3.47. The number of fused-ring (bicyclic) bond motifs is 1. The summed E-state index contributed by atoms with van der Waals surface area (Å²) in [7, 11) is 1.60. The first-order chi connectivity index (χ1) is 19.4. The molecule has 0 radical (unpaired) electrons. The average molecular weight is 556 g/mol. The van der Waals surface area contributed by atoms with E-state index in [0.29, 0.717) is 33.5 Å². The van der Waals surface area contributed by atoms with Crippen LogP contribution in [0.25, 0.3) is 0 Å². The van der Waals surface area contributed by atoms with Gasteiger partial charge < -0.3 is 19.7 Å². The van der Waals surface area contributed by atoms with E-state index >= 15 is 0 Å². The summed E-state index contributed by atoms with van der Waals surface area (Å²) in [6, 6.07) is 21.4. The van der Waals surface area contributed by atoms with Gasteiger partial charge in [0, 0.05) is 34.4 Å². The highest BCUT2D eigenvalue weighted by Crippen LogP contribution is 2.44. The van der Waals surface area contributed by atoms with Crippen LogP contribution in [0.5, 0.6) is 11.5 Å². The van der Waals surface area contributed by atoms with Crippen LogP contribution < -0.4 is 19.7 Å². The maximum Gasteiger partial charge on any atom is 0.255 e. The van der Waals surface area contributed by atoms with Crippen LogP contribution in [0.3, 0.4) is 0 Å². The van der Waals surface area contributed by atoms with Gasteiger partial charge in [-0.3, -0.25) is 14.6 Å². The zero-order valence-electron chi connectivity index (χ0n) is 22.6. The molecular weight excluding hydrogens is 526 g/mol. The van der Waals surface area contributed by atoms with Crippen molar-refractivity contribution in [3.8, 4) is 11.5 Å². The molecule has 3 aromatic carbocycles. The highest BCUT2D eigenvalue weighted by Gasteiger charge is 2.36. The highest BCUT2D eigenvalue weighted by atomic mass is 35.5. The van der Waals surface area contributed by atoms with E-state index in [1.54, 1.807) is 60.8 Å². The van der Waals surface area contributed by atoms with E-state index in [2.05, 4.69) is 17.2 Å². The van der Waals surface area contributed by atoms with Crippen LogP contribution in [0.15, 0.2) is 85.2 Å². The van der Waals surface area contributed by atoms with Crippen LogP contribution in [0.4, 0.5) is 11.4 Å². The van der Waals surface area contributed by atoms with Gasteiger partial charge in [-0.05, 0) is 90.7 Å². The third-order valence-corrected chi connectivity index (χ3v) is 7.28. The quantitative estimate of drug-likeness (QED) is 0.257. The number of carbonyl (C=O) groups is 2. The number of carbonyl (C=O) groups excluding carboxylic acids is 2. The van der Waals surface area contributed by atoms with Gasteiger partial charge >= 0.3 is 0 Å². The fourth-order valence-electron chi connectivity index (χ4n) is 4.79. The molecule has 0 aliphatic carbocycles. The van der Waals surface area contributed by atoms with E-state index in [4.69, 9.17) is 21.1 Å². The molecule has 0 saturated heterocycles. The molecule has 1 aliphatic rings. The molecule has 5 rings (SSSR count). The number of methoxy groups -OCH3 is 1. The number of benzene rings is 3. The monoisotopic (exact) mass is 555 g/mol. The molecule has 1 N–H and O–H groups in total. The number of amides is 2. The Hall–Kier alpha value is -4.36. The van der Waals surface area contributed by atoms with Crippen LogP contribution in [-0.2, 0) is 11.2 Å². The van der Waals surface area contributed by atoms with Crippen molar-refractivity contribution in [2.75, 3.05) is 17.3 Å². The lowest BCUT2D eigenvalue weighted by Gasteiger charge is -2.38. The van der Waals surface area contributed by atoms with Crippen molar-refractivity contribution in [1.82, 2.24) is 4.98 Å². The van der Waals surface area contributed by atoms with Crippen molar-refractivity contribution in [2.45, 2.75) is 38.8 Å². The van der Waals surface area contributed by atoms with Gasteiger partial charge in [-0.25, -0.2) is 0 Å². The van der Waals surface area contributed by atoms with Crippen molar-refractivity contribution in [1.29, 1.82) is 0 Å². The lowest BCUT2D eigenvalue weighted by molar-refractivity contribution is -0.118. The van der Waals surface area contributed by atoms with E-state index in [9.17, 15) is 9.59 Å². The van der Waals surface area contributed by atoms with Gasteiger partial charge in [0.05, 0.1) is 25.7 Å².